The fourth-order valence-corrected chi connectivity index (χ4v) is 2.42. The van der Waals surface area contributed by atoms with Crippen LogP contribution in [0.4, 0.5) is 0 Å². The summed E-state index contributed by atoms with van der Waals surface area (Å²) in [5.41, 5.74) is 3.26. The highest BCUT2D eigenvalue weighted by atomic mass is 16.3. The average molecular weight is 248 g/mol. The highest BCUT2D eigenvalue weighted by molar-refractivity contribution is 6.20. The number of phenols is 1. The first kappa shape index (κ1) is 10.2. The molecule has 0 saturated carbocycles. The van der Waals surface area contributed by atoms with Gasteiger partial charge in [-0.3, -0.25) is 4.79 Å². The summed E-state index contributed by atoms with van der Waals surface area (Å²) in [6, 6.07) is 12.3. The lowest BCUT2D eigenvalue weighted by molar-refractivity contribution is 0.103. The lowest BCUT2D eigenvalue weighted by Crippen LogP contribution is -1.99. The van der Waals surface area contributed by atoms with E-state index in [1.165, 1.54) is 0 Å². The molecule has 0 unspecified atom stereocenters. The lowest BCUT2D eigenvalue weighted by atomic mass is 10.1. The Morgan fingerprint density at radius 2 is 1.63 bits per heavy atom. The highest BCUT2D eigenvalue weighted by Crippen LogP contribution is 2.36. The van der Waals surface area contributed by atoms with Crippen molar-refractivity contribution in [2.75, 3.05) is 0 Å². The van der Waals surface area contributed by atoms with Crippen LogP contribution >= 0.6 is 0 Å². The highest BCUT2D eigenvalue weighted by Gasteiger charge is 2.29. The number of phenolic OH excluding ortho intramolecular Hbond substituents is 1. The minimum atomic E-state index is -0.108. The maximum Gasteiger partial charge on any atom is 0.214 e. The fraction of sp³-hybridized carbons (Fsp3) is 0. The van der Waals surface area contributed by atoms with Crippen LogP contribution < -0.4 is 0 Å². The van der Waals surface area contributed by atoms with E-state index in [0.717, 1.165) is 5.56 Å². The number of aromatic hydroxyl groups is 1. The molecule has 4 nitrogen and oxygen atoms in total. The number of benzene rings is 2. The SMILES string of the molecule is O=C1c2ccccc2-c2nc3c(O)cccc3nc21. The number of rotatable bonds is 0. The number of ketones is 1. The Kier molecular flexibility index (Phi) is 1.82. The maximum absolute atomic E-state index is 12.3. The standard InChI is InChI=1S/C15H8N2O2/c18-11-7-3-6-10-13(11)17-12-8-4-1-2-5-9(8)15(19)14(12)16-10/h1-7,18H. The van der Waals surface area contributed by atoms with E-state index < -0.39 is 0 Å². The number of nitrogens with zero attached hydrogens (tertiary/aromatic N) is 2. The van der Waals surface area contributed by atoms with E-state index in [1.807, 2.05) is 18.2 Å². The molecular formula is C15H8N2O2. The molecule has 90 valence electrons. The lowest BCUT2D eigenvalue weighted by Gasteiger charge is -2.03. The van der Waals surface area contributed by atoms with Gasteiger partial charge in [-0.2, -0.15) is 0 Å². The molecule has 0 atom stereocenters. The zero-order valence-electron chi connectivity index (χ0n) is 9.79. The summed E-state index contributed by atoms with van der Waals surface area (Å²) in [7, 11) is 0. The summed E-state index contributed by atoms with van der Waals surface area (Å²) in [4.78, 5) is 21.0. The number of aromatic nitrogens is 2. The molecule has 3 aromatic rings. The molecule has 4 heteroatoms. The van der Waals surface area contributed by atoms with E-state index in [9.17, 15) is 9.90 Å². The van der Waals surface area contributed by atoms with Crippen molar-refractivity contribution in [2.24, 2.45) is 0 Å². The molecule has 0 saturated heterocycles. The Morgan fingerprint density at radius 3 is 2.47 bits per heavy atom. The molecule has 0 spiro atoms. The van der Waals surface area contributed by atoms with Gasteiger partial charge in [-0.15, -0.1) is 0 Å². The summed E-state index contributed by atoms with van der Waals surface area (Å²) < 4.78 is 0. The molecule has 0 fully saturated rings. The maximum atomic E-state index is 12.3. The summed E-state index contributed by atoms with van der Waals surface area (Å²) in [5, 5.41) is 9.83. The summed E-state index contributed by atoms with van der Waals surface area (Å²) in [6.07, 6.45) is 0. The summed E-state index contributed by atoms with van der Waals surface area (Å²) in [5.74, 6) is -0.0343. The third-order valence-electron chi connectivity index (χ3n) is 3.32. The topological polar surface area (TPSA) is 63.1 Å². The first-order valence-corrected chi connectivity index (χ1v) is 5.89. The Hall–Kier alpha value is -2.75. The van der Waals surface area contributed by atoms with Crippen molar-refractivity contribution in [3.8, 4) is 17.0 Å². The van der Waals surface area contributed by atoms with E-state index >= 15 is 0 Å². The van der Waals surface area contributed by atoms with Crippen molar-refractivity contribution in [3.63, 3.8) is 0 Å². The molecule has 1 aromatic heterocycles. The molecule has 19 heavy (non-hydrogen) atoms. The zero-order chi connectivity index (χ0) is 13.0. The second-order valence-corrected chi connectivity index (χ2v) is 4.44. The third kappa shape index (κ3) is 1.25. The van der Waals surface area contributed by atoms with Gasteiger partial charge in [0.1, 0.15) is 22.7 Å². The monoisotopic (exact) mass is 248 g/mol. The van der Waals surface area contributed by atoms with Gasteiger partial charge in [-0.1, -0.05) is 30.3 Å². The van der Waals surface area contributed by atoms with Crippen LogP contribution in [0.1, 0.15) is 16.1 Å². The minimum absolute atomic E-state index is 0.0737. The smallest absolute Gasteiger partial charge is 0.214 e. The third-order valence-corrected chi connectivity index (χ3v) is 3.32. The number of hydrogen-bond donors (Lipinski definition) is 1. The number of carbonyl (C=O) groups is 1. The van der Waals surface area contributed by atoms with Gasteiger partial charge in [0, 0.05) is 11.1 Å². The average Bonchev–Trinajstić information content (AvgIpc) is 2.72. The summed E-state index contributed by atoms with van der Waals surface area (Å²) in [6.45, 7) is 0. The minimum Gasteiger partial charge on any atom is -0.506 e. The summed E-state index contributed by atoms with van der Waals surface area (Å²) >= 11 is 0. The molecule has 1 heterocycles. The van der Waals surface area contributed by atoms with Gasteiger partial charge in [0.05, 0.1) is 5.52 Å². The van der Waals surface area contributed by atoms with Crippen LogP contribution in [0.5, 0.6) is 5.75 Å². The quantitative estimate of drug-likeness (QED) is 0.519. The van der Waals surface area contributed by atoms with Crippen molar-refractivity contribution >= 4 is 16.8 Å². The van der Waals surface area contributed by atoms with Gasteiger partial charge >= 0.3 is 0 Å². The van der Waals surface area contributed by atoms with E-state index in [4.69, 9.17) is 0 Å². The molecule has 1 aliphatic rings. The predicted molar refractivity (Wildman–Crippen MR) is 70.1 cm³/mol. The van der Waals surface area contributed by atoms with Crippen molar-refractivity contribution in [1.82, 2.24) is 9.97 Å². The van der Waals surface area contributed by atoms with E-state index in [1.54, 1.807) is 24.3 Å². The Bertz CT molecular complexity index is 856. The van der Waals surface area contributed by atoms with Gasteiger partial charge in [-0.05, 0) is 12.1 Å². The van der Waals surface area contributed by atoms with Crippen LogP contribution in [-0.4, -0.2) is 20.9 Å². The molecule has 1 aliphatic carbocycles. The van der Waals surface area contributed by atoms with Crippen LogP contribution in [0.3, 0.4) is 0 Å². The van der Waals surface area contributed by atoms with Crippen LogP contribution in [0, 0.1) is 0 Å². The first-order chi connectivity index (χ1) is 9.25. The fourth-order valence-electron chi connectivity index (χ4n) is 2.42. The van der Waals surface area contributed by atoms with Gasteiger partial charge in [0.25, 0.3) is 0 Å². The second kappa shape index (κ2) is 3.38. The molecular weight excluding hydrogens is 240 g/mol. The molecule has 0 radical (unpaired) electrons. The van der Waals surface area contributed by atoms with Crippen molar-refractivity contribution < 1.29 is 9.90 Å². The largest absolute Gasteiger partial charge is 0.506 e. The van der Waals surface area contributed by atoms with Gasteiger partial charge < -0.3 is 5.11 Å². The van der Waals surface area contributed by atoms with Crippen molar-refractivity contribution in [2.45, 2.75) is 0 Å². The predicted octanol–water partition coefficient (Wildman–Crippen LogP) is 2.55. The first-order valence-electron chi connectivity index (χ1n) is 5.89. The van der Waals surface area contributed by atoms with Crippen LogP contribution in [-0.2, 0) is 0 Å². The van der Waals surface area contributed by atoms with E-state index in [2.05, 4.69) is 9.97 Å². The Morgan fingerprint density at radius 1 is 0.842 bits per heavy atom. The van der Waals surface area contributed by atoms with Crippen LogP contribution in [0.25, 0.3) is 22.3 Å². The van der Waals surface area contributed by atoms with Gasteiger partial charge in [0.2, 0.25) is 5.78 Å². The Balaban J connectivity index is 2.15. The number of para-hydroxylation sites is 1. The van der Waals surface area contributed by atoms with E-state index in [-0.39, 0.29) is 11.5 Å². The van der Waals surface area contributed by atoms with Gasteiger partial charge in [0.15, 0.2) is 0 Å². The number of fused-ring (bicyclic) bond motifs is 4. The number of hydrogen-bond acceptors (Lipinski definition) is 4. The normalized spacial score (nSPS) is 12.5. The van der Waals surface area contributed by atoms with E-state index in [0.29, 0.717) is 28.0 Å². The molecule has 4 rings (SSSR count). The van der Waals surface area contributed by atoms with Crippen molar-refractivity contribution in [1.29, 1.82) is 0 Å². The van der Waals surface area contributed by atoms with Crippen LogP contribution in [0.2, 0.25) is 0 Å². The van der Waals surface area contributed by atoms with Crippen molar-refractivity contribution in [3.05, 3.63) is 53.7 Å². The molecule has 0 bridgehead atoms. The zero-order valence-corrected chi connectivity index (χ0v) is 9.79. The molecule has 2 aromatic carbocycles. The number of carbonyl (C=O) groups excluding carboxylic acids is 1. The molecule has 0 aliphatic heterocycles. The molecule has 1 N–H and O–H groups in total. The second-order valence-electron chi connectivity index (χ2n) is 4.44. The van der Waals surface area contributed by atoms with Gasteiger partial charge in [-0.25, -0.2) is 9.97 Å². The Labute approximate surface area is 108 Å². The molecule has 0 amide bonds. The van der Waals surface area contributed by atoms with Crippen LogP contribution in [0.15, 0.2) is 42.5 Å².